The zero-order chi connectivity index (χ0) is 13.8. The Labute approximate surface area is 121 Å². The Bertz CT molecular complexity index is 457. The molecule has 1 fully saturated rings. The van der Waals surface area contributed by atoms with E-state index in [9.17, 15) is 9.90 Å². The summed E-state index contributed by atoms with van der Waals surface area (Å²) in [5.41, 5.74) is 6.89. The molecule has 0 heterocycles. The van der Waals surface area contributed by atoms with Gasteiger partial charge in [0.2, 0.25) is 0 Å². The first-order valence-electron chi connectivity index (χ1n) is 6.58. The number of benzene rings is 1. The molecular weight excluding hydrogens is 308 g/mol. The highest BCUT2D eigenvalue weighted by Crippen LogP contribution is 2.25. The Morgan fingerprint density at radius 1 is 1.37 bits per heavy atom. The van der Waals surface area contributed by atoms with Gasteiger partial charge in [-0.3, -0.25) is 4.79 Å². The van der Waals surface area contributed by atoms with Crippen LogP contribution in [0.2, 0.25) is 0 Å². The highest BCUT2D eigenvalue weighted by molar-refractivity contribution is 9.10. The summed E-state index contributed by atoms with van der Waals surface area (Å²) in [5.74, 6) is 0.359. The number of aliphatic hydroxyl groups is 1. The predicted molar refractivity (Wildman–Crippen MR) is 78.9 cm³/mol. The standard InChI is InChI=1S/C14H19BrN2O2/c15-13-11(2-1-3-12(13)16)14(19)17-8-9-4-6-10(18)7-5-9/h1-3,9-10,18H,4-8,16H2,(H,17,19). The number of aliphatic hydroxyl groups excluding tert-OH is 1. The van der Waals surface area contributed by atoms with Crippen LogP contribution in [-0.2, 0) is 0 Å². The number of hydrogen-bond acceptors (Lipinski definition) is 3. The number of nitrogens with two attached hydrogens (primary N) is 1. The number of carbonyl (C=O) groups is 1. The first-order valence-corrected chi connectivity index (χ1v) is 7.37. The van der Waals surface area contributed by atoms with E-state index in [4.69, 9.17) is 5.73 Å². The van der Waals surface area contributed by atoms with Gasteiger partial charge < -0.3 is 16.2 Å². The molecule has 0 spiro atoms. The largest absolute Gasteiger partial charge is 0.398 e. The van der Waals surface area contributed by atoms with Crippen molar-refractivity contribution in [1.82, 2.24) is 5.32 Å². The summed E-state index contributed by atoms with van der Waals surface area (Å²) >= 11 is 3.34. The molecule has 0 bridgehead atoms. The van der Waals surface area contributed by atoms with Crippen LogP contribution in [0.5, 0.6) is 0 Å². The highest BCUT2D eigenvalue weighted by atomic mass is 79.9. The number of nitrogen functional groups attached to an aromatic ring is 1. The van der Waals surface area contributed by atoms with Gasteiger partial charge in [0.15, 0.2) is 0 Å². The summed E-state index contributed by atoms with van der Waals surface area (Å²) < 4.78 is 0.645. The van der Waals surface area contributed by atoms with Crippen molar-refractivity contribution >= 4 is 27.5 Å². The predicted octanol–water partition coefficient (Wildman–Crippen LogP) is 2.31. The van der Waals surface area contributed by atoms with Gasteiger partial charge in [-0.25, -0.2) is 0 Å². The van der Waals surface area contributed by atoms with Crippen LogP contribution in [0.15, 0.2) is 22.7 Å². The number of carbonyl (C=O) groups excluding carboxylic acids is 1. The zero-order valence-corrected chi connectivity index (χ0v) is 12.3. The second-order valence-corrected chi connectivity index (χ2v) is 5.89. The molecule has 0 aromatic heterocycles. The molecule has 1 aromatic rings. The zero-order valence-electron chi connectivity index (χ0n) is 10.7. The van der Waals surface area contributed by atoms with Crippen molar-refractivity contribution in [2.75, 3.05) is 12.3 Å². The summed E-state index contributed by atoms with van der Waals surface area (Å²) in [6.45, 7) is 0.660. The number of anilines is 1. The molecule has 0 aliphatic heterocycles. The lowest BCUT2D eigenvalue weighted by atomic mass is 9.87. The molecule has 5 heteroatoms. The van der Waals surface area contributed by atoms with Gasteiger partial charge >= 0.3 is 0 Å². The second-order valence-electron chi connectivity index (χ2n) is 5.09. The lowest BCUT2D eigenvalue weighted by molar-refractivity contribution is 0.0909. The van der Waals surface area contributed by atoms with Crippen LogP contribution < -0.4 is 11.1 Å². The SMILES string of the molecule is Nc1cccc(C(=O)NCC2CCC(O)CC2)c1Br. The minimum absolute atomic E-state index is 0.106. The van der Waals surface area contributed by atoms with E-state index in [2.05, 4.69) is 21.2 Å². The van der Waals surface area contributed by atoms with Crippen LogP contribution in [0.4, 0.5) is 5.69 Å². The molecule has 0 radical (unpaired) electrons. The molecule has 1 aliphatic carbocycles. The minimum atomic E-state index is -0.157. The highest BCUT2D eigenvalue weighted by Gasteiger charge is 2.20. The third-order valence-corrected chi connectivity index (χ3v) is 4.53. The molecular formula is C14H19BrN2O2. The summed E-state index contributed by atoms with van der Waals surface area (Å²) in [4.78, 5) is 12.1. The third-order valence-electron chi connectivity index (χ3n) is 3.64. The van der Waals surface area contributed by atoms with Gasteiger partial charge in [-0.05, 0) is 59.7 Å². The van der Waals surface area contributed by atoms with E-state index in [1.807, 2.05) is 0 Å². The van der Waals surface area contributed by atoms with E-state index in [1.54, 1.807) is 18.2 Å². The lowest BCUT2D eigenvalue weighted by Gasteiger charge is -2.25. The van der Waals surface area contributed by atoms with Gasteiger partial charge in [0.05, 0.1) is 16.1 Å². The van der Waals surface area contributed by atoms with E-state index < -0.39 is 0 Å². The van der Waals surface area contributed by atoms with Crippen molar-refractivity contribution in [3.05, 3.63) is 28.2 Å². The third kappa shape index (κ3) is 3.70. The fourth-order valence-electron chi connectivity index (χ4n) is 2.41. The van der Waals surface area contributed by atoms with Gasteiger partial charge in [0.1, 0.15) is 0 Å². The first kappa shape index (κ1) is 14.3. The molecule has 1 aliphatic rings. The van der Waals surface area contributed by atoms with Crippen LogP contribution in [-0.4, -0.2) is 23.7 Å². The quantitative estimate of drug-likeness (QED) is 0.746. The van der Waals surface area contributed by atoms with Gasteiger partial charge in [-0.1, -0.05) is 6.07 Å². The van der Waals surface area contributed by atoms with Crippen molar-refractivity contribution in [3.63, 3.8) is 0 Å². The van der Waals surface area contributed by atoms with Crippen LogP contribution in [0.25, 0.3) is 0 Å². The molecule has 0 unspecified atom stereocenters. The molecule has 104 valence electrons. The van der Waals surface area contributed by atoms with Crippen molar-refractivity contribution < 1.29 is 9.90 Å². The van der Waals surface area contributed by atoms with Crippen LogP contribution >= 0.6 is 15.9 Å². The maximum absolute atomic E-state index is 12.1. The van der Waals surface area contributed by atoms with E-state index in [0.717, 1.165) is 25.7 Å². The summed E-state index contributed by atoms with van der Waals surface area (Å²) in [6, 6.07) is 5.27. The molecule has 19 heavy (non-hydrogen) atoms. The first-order chi connectivity index (χ1) is 9.08. The Balaban J connectivity index is 1.89. The molecule has 1 amide bonds. The number of hydrogen-bond donors (Lipinski definition) is 3. The lowest BCUT2D eigenvalue weighted by Crippen LogP contribution is -2.32. The van der Waals surface area contributed by atoms with Crippen LogP contribution in [0.1, 0.15) is 36.0 Å². The summed E-state index contributed by atoms with van der Waals surface area (Å²) in [5, 5.41) is 12.4. The number of nitrogens with one attached hydrogen (secondary N) is 1. The summed E-state index contributed by atoms with van der Waals surface area (Å²) in [6.07, 6.45) is 3.46. The fraction of sp³-hybridized carbons (Fsp3) is 0.500. The monoisotopic (exact) mass is 326 g/mol. The number of halogens is 1. The molecule has 1 aromatic carbocycles. The van der Waals surface area contributed by atoms with Gasteiger partial charge in [-0.2, -0.15) is 0 Å². The van der Waals surface area contributed by atoms with Crippen molar-refractivity contribution in [2.45, 2.75) is 31.8 Å². The number of amides is 1. The minimum Gasteiger partial charge on any atom is -0.398 e. The van der Waals surface area contributed by atoms with Crippen molar-refractivity contribution in [1.29, 1.82) is 0 Å². The topological polar surface area (TPSA) is 75.4 Å². The van der Waals surface area contributed by atoms with Gasteiger partial charge in [-0.15, -0.1) is 0 Å². The number of rotatable bonds is 3. The van der Waals surface area contributed by atoms with Crippen molar-refractivity contribution in [3.8, 4) is 0 Å². The van der Waals surface area contributed by atoms with Crippen molar-refractivity contribution in [2.24, 2.45) is 5.92 Å². The Kier molecular flexibility index (Phi) is 4.82. The average Bonchev–Trinajstić information content (AvgIpc) is 2.41. The van der Waals surface area contributed by atoms with E-state index in [-0.39, 0.29) is 12.0 Å². The van der Waals surface area contributed by atoms with E-state index >= 15 is 0 Å². The Hall–Kier alpha value is -1.07. The van der Waals surface area contributed by atoms with Gasteiger partial charge in [0.25, 0.3) is 5.91 Å². The smallest absolute Gasteiger partial charge is 0.252 e. The normalized spacial score (nSPS) is 23.1. The molecule has 4 N–H and O–H groups in total. The fourth-order valence-corrected chi connectivity index (χ4v) is 2.85. The molecule has 0 atom stereocenters. The van der Waals surface area contributed by atoms with Crippen LogP contribution in [0.3, 0.4) is 0 Å². The maximum Gasteiger partial charge on any atom is 0.252 e. The second kappa shape index (κ2) is 6.39. The van der Waals surface area contributed by atoms with Crippen LogP contribution in [0, 0.1) is 5.92 Å². The summed E-state index contributed by atoms with van der Waals surface area (Å²) in [7, 11) is 0. The van der Waals surface area contributed by atoms with Gasteiger partial charge in [0, 0.05) is 12.2 Å². The maximum atomic E-state index is 12.1. The van der Waals surface area contributed by atoms with E-state index in [0.29, 0.717) is 28.2 Å². The Morgan fingerprint density at radius 2 is 2.05 bits per heavy atom. The molecule has 1 saturated carbocycles. The average molecular weight is 327 g/mol. The van der Waals surface area contributed by atoms with E-state index in [1.165, 1.54) is 0 Å². The Morgan fingerprint density at radius 3 is 2.74 bits per heavy atom. The molecule has 4 nitrogen and oxygen atoms in total. The molecule has 2 rings (SSSR count). The molecule has 0 saturated heterocycles.